The van der Waals surface area contributed by atoms with E-state index in [2.05, 4.69) is 10.6 Å². The van der Waals surface area contributed by atoms with E-state index in [4.69, 9.17) is 0 Å². The van der Waals surface area contributed by atoms with E-state index in [0.29, 0.717) is 24.4 Å². The Bertz CT molecular complexity index is 533. The van der Waals surface area contributed by atoms with Crippen LogP contribution < -0.4 is 10.6 Å². The minimum atomic E-state index is -0.372. The second-order valence-electron chi connectivity index (χ2n) is 4.60. The highest BCUT2D eigenvalue weighted by atomic mass is 32.1. The number of carbonyl (C=O) groups is 2. The Hall–Kier alpha value is -1.82. The number of carbonyl (C=O) groups excluding carboxylic acids is 2. The van der Waals surface area contributed by atoms with Crippen LogP contribution in [0.15, 0.2) is 28.1 Å². The highest BCUT2D eigenvalue weighted by molar-refractivity contribution is 7.08. The molecule has 2 heterocycles. The van der Waals surface area contributed by atoms with Crippen molar-refractivity contribution >= 4 is 23.3 Å². The van der Waals surface area contributed by atoms with Gasteiger partial charge in [0.15, 0.2) is 0 Å². The molecule has 0 spiro atoms. The van der Waals surface area contributed by atoms with Gasteiger partial charge in [0.05, 0.1) is 11.6 Å². The van der Waals surface area contributed by atoms with Gasteiger partial charge in [0.2, 0.25) is 0 Å². The van der Waals surface area contributed by atoms with Crippen molar-refractivity contribution in [3.8, 4) is 0 Å². The third kappa shape index (κ3) is 2.70. The number of rotatable bonds is 4. The number of likely N-dealkylation sites (N-methyl/N-ethyl adjacent to an activating group) is 1. The van der Waals surface area contributed by atoms with Crippen LogP contribution in [0.2, 0.25) is 0 Å². The lowest BCUT2D eigenvalue weighted by molar-refractivity contribution is -0.127. The first-order chi connectivity index (χ1) is 9.58. The summed E-state index contributed by atoms with van der Waals surface area (Å²) in [6, 6.07) is 1.29. The first kappa shape index (κ1) is 14.6. The summed E-state index contributed by atoms with van der Waals surface area (Å²) in [4.78, 5) is 26.1. The summed E-state index contributed by atoms with van der Waals surface area (Å²) in [5.74, 6) is -0.0313. The number of amides is 3. The van der Waals surface area contributed by atoms with Gasteiger partial charge in [-0.2, -0.15) is 11.3 Å². The molecule has 2 rings (SSSR count). The molecular formula is C14H19N3O2S. The first-order valence-corrected chi connectivity index (χ1v) is 7.62. The van der Waals surface area contributed by atoms with Crippen LogP contribution in [0.4, 0.5) is 4.79 Å². The van der Waals surface area contributed by atoms with E-state index < -0.39 is 0 Å². The van der Waals surface area contributed by atoms with Crippen molar-refractivity contribution < 1.29 is 9.59 Å². The number of nitrogens with zero attached hydrogens (tertiary/aromatic N) is 1. The fourth-order valence-corrected chi connectivity index (χ4v) is 3.03. The molecule has 6 heteroatoms. The van der Waals surface area contributed by atoms with E-state index in [0.717, 1.165) is 5.56 Å². The van der Waals surface area contributed by atoms with Gasteiger partial charge in [-0.1, -0.05) is 0 Å². The molecule has 1 aromatic heterocycles. The lowest BCUT2D eigenvalue weighted by atomic mass is 9.96. The molecule has 5 nitrogen and oxygen atoms in total. The summed E-state index contributed by atoms with van der Waals surface area (Å²) in [5, 5.41) is 9.43. The van der Waals surface area contributed by atoms with Crippen LogP contribution in [0.1, 0.15) is 32.4 Å². The molecular weight excluding hydrogens is 274 g/mol. The smallest absolute Gasteiger partial charge is 0.319 e. The zero-order valence-electron chi connectivity index (χ0n) is 11.9. The predicted molar refractivity (Wildman–Crippen MR) is 79.4 cm³/mol. The summed E-state index contributed by atoms with van der Waals surface area (Å²) in [6.07, 6.45) is 0. The average molecular weight is 293 g/mol. The molecule has 0 saturated heterocycles. The monoisotopic (exact) mass is 293 g/mol. The van der Waals surface area contributed by atoms with Gasteiger partial charge < -0.3 is 15.5 Å². The van der Waals surface area contributed by atoms with Crippen molar-refractivity contribution in [3.63, 3.8) is 0 Å². The van der Waals surface area contributed by atoms with Crippen molar-refractivity contribution in [3.05, 3.63) is 33.7 Å². The number of hydrogen-bond acceptors (Lipinski definition) is 3. The fraction of sp³-hybridized carbons (Fsp3) is 0.429. The number of allylic oxidation sites excluding steroid dienone is 1. The third-order valence-electron chi connectivity index (χ3n) is 3.43. The summed E-state index contributed by atoms with van der Waals surface area (Å²) in [5.41, 5.74) is 2.19. The van der Waals surface area contributed by atoms with Crippen LogP contribution in [0, 0.1) is 0 Å². The van der Waals surface area contributed by atoms with Gasteiger partial charge in [-0.3, -0.25) is 4.79 Å². The number of urea groups is 1. The standard InChI is InChI=1S/C14H19N3O2S/c1-4-17(5-2)13(18)11-9(3)15-14(19)16-12(11)10-6-7-20-8-10/h6-8,12H,4-5H2,1-3H3,(H2,15,16,19). The maximum atomic E-state index is 12.7. The Morgan fingerprint density at radius 2 is 2.10 bits per heavy atom. The molecule has 0 aromatic carbocycles. The van der Waals surface area contributed by atoms with E-state index in [1.165, 1.54) is 0 Å². The molecule has 0 radical (unpaired) electrons. The SMILES string of the molecule is CCN(CC)C(=O)C1=C(C)NC(=O)NC1c1ccsc1. The van der Waals surface area contributed by atoms with Crippen molar-refractivity contribution in [2.24, 2.45) is 0 Å². The lowest BCUT2D eigenvalue weighted by Crippen LogP contribution is -2.47. The average Bonchev–Trinajstić information content (AvgIpc) is 2.92. The Morgan fingerprint density at radius 1 is 1.40 bits per heavy atom. The number of hydrogen-bond donors (Lipinski definition) is 2. The van der Waals surface area contributed by atoms with Crippen LogP contribution in [-0.4, -0.2) is 29.9 Å². The van der Waals surface area contributed by atoms with Gasteiger partial charge in [0.1, 0.15) is 0 Å². The van der Waals surface area contributed by atoms with E-state index in [1.807, 2.05) is 30.7 Å². The molecule has 1 aromatic rings. The lowest BCUT2D eigenvalue weighted by Gasteiger charge is -2.31. The minimum absolute atomic E-state index is 0.0313. The van der Waals surface area contributed by atoms with Gasteiger partial charge in [0, 0.05) is 18.8 Å². The van der Waals surface area contributed by atoms with Crippen molar-refractivity contribution in [1.29, 1.82) is 0 Å². The topological polar surface area (TPSA) is 61.4 Å². The number of thiophene rings is 1. The van der Waals surface area contributed by atoms with E-state index in [-0.39, 0.29) is 18.0 Å². The zero-order chi connectivity index (χ0) is 14.7. The Morgan fingerprint density at radius 3 is 2.65 bits per heavy atom. The highest BCUT2D eigenvalue weighted by Gasteiger charge is 2.32. The fourth-order valence-electron chi connectivity index (χ4n) is 2.35. The van der Waals surface area contributed by atoms with Crippen LogP contribution in [0.5, 0.6) is 0 Å². The van der Waals surface area contributed by atoms with Crippen molar-refractivity contribution in [2.45, 2.75) is 26.8 Å². The Labute approximate surface area is 122 Å². The summed E-state index contributed by atoms with van der Waals surface area (Å²) >= 11 is 1.55. The molecule has 0 saturated carbocycles. The molecule has 1 aliphatic heterocycles. The van der Waals surface area contributed by atoms with Crippen LogP contribution >= 0.6 is 11.3 Å². The predicted octanol–water partition coefficient (Wildman–Crippen LogP) is 2.24. The summed E-state index contributed by atoms with van der Waals surface area (Å²) < 4.78 is 0. The van der Waals surface area contributed by atoms with Crippen molar-refractivity contribution in [1.82, 2.24) is 15.5 Å². The van der Waals surface area contributed by atoms with Gasteiger partial charge in [-0.25, -0.2) is 4.79 Å². The largest absolute Gasteiger partial charge is 0.339 e. The highest BCUT2D eigenvalue weighted by Crippen LogP contribution is 2.29. The second kappa shape index (κ2) is 6.09. The molecule has 108 valence electrons. The first-order valence-electron chi connectivity index (χ1n) is 6.68. The molecule has 0 bridgehead atoms. The maximum absolute atomic E-state index is 12.7. The van der Waals surface area contributed by atoms with Crippen LogP contribution in [0.3, 0.4) is 0 Å². The molecule has 1 atom stereocenters. The van der Waals surface area contributed by atoms with Crippen LogP contribution in [0.25, 0.3) is 0 Å². The Kier molecular flexibility index (Phi) is 4.44. The molecule has 0 aliphatic carbocycles. The molecule has 2 N–H and O–H groups in total. The van der Waals surface area contributed by atoms with Gasteiger partial charge in [-0.05, 0) is 43.2 Å². The molecule has 20 heavy (non-hydrogen) atoms. The molecule has 3 amide bonds. The molecule has 1 unspecified atom stereocenters. The van der Waals surface area contributed by atoms with Gasteiger partial charge in [-0.15, -0.1) is 0 Å². The minimum Gasteiger partial charge on any atom is -0.339 e. The second-order valence-corrected chi connectivity index (χ2v) is 5.38. The van der Waals surface area contributed by atoms with E-state index in [1.54, 1.807) is 23.2 Å². The summed E-state index contributed by atoms with van der Waals surface area (Å²) in [7, 11) is 0. The van der Waals surface area contributed by atoms with Crippen LogP contribution in [-0.2, 0) is 4.79 Å². The Balaban J connectivity index is 2.41. The van der Waals surface area contributed by atoms with Gasteiger partial charge in [0.25, 0.3) is 5.91 Å². The molecule has 0 fully saturated rings. The number of nitrogens with one attached hydrogen (secondary N) is 2. The zero-order valence-corrected chi connectivity index (χ0v) is 12.7. The van der Waals surface area contributed by atoms with E-state index >= 15 is 0 Å². The molecule has 1 aliphatic rings. The third-order valence-corrected chi connectivity index (χ3v) is 4.13. The maximum Gasteiger partial charge on any atom is 0.319 e. The van der Waals surface area contributed by atoms with E-state index in [9.17, 15) is 9.59 Å². The quantitative estimate of drug-likeness (QED) is 0.894. The summed E-state index contributed by atoms with van der Waals surface area (Å²) in [6.45, 7) is 6.97. The normalized spacial score (nSPS) is 18.6. The van der Waals surface area contributed by atoms with Gasteiger partial charge >= 0.3 is 6.03 Å². The van der Waals surface area contributed by atoms with Crippen molar-refractivity contribution in [2.75, 3.05) is 13.1 Å².